The lowest BCUT2D eigenvalue weighted by Crippen LogP contribution is -2.49. The SMILES string of the molecule is C[C@@](CCn1ccc(-c2ccc3c(c2)C(=O)OC3)cc1=O)(C(=O)NO)S(C)(=O)=O. The van der Waals surface area contributed by atoms with E-state index in [1.54, 1.807) is 24.3 Å². The Labute approximate surface area is 166 Å². The Bertz CT molecular complexity index is 1150. The molecule has 1 aliphatic rings. The number of cyclic esters (lactones) is 1. The quantitative estimate of drug-likeness (QED) is 0.403. The molecule has 0 radical (unpaired) electrons. The van der Waals surface area contributed by atoms with Crippen molar-refractivity contribution in [3.05, 3.63) is 58.0 Å². The van der Waals surface area contributed by atoms with Gasteiger partial charge in [-0.2, -0.15) is 0 Å². The van der Waals surface area contributed by atoms with Crippen molar-refractivity contribution >= 4 is 21.7 Å². The highest BCUT2D eigenvalue weighted by atomic mass is 32.2. The van der Waals surface area contributed by atoms with Crippen LogP contribution in [-0.2, 0) is 32.5 Å². The summed E-state index contributed by atoms with van der Waals surface area (Å²) in [5.41, 5.74) is 3.49. The summed E-state index contributed by atoms with van der Waals surface area (Å²) in [6, 6.07) is 8.24. The van der Waals surface area contributed by atoms with Crippen molar-refractivity contribution in [1.29, 1.82) is 0 Å². The molecule has 0 spiro atoms. The summed E-state index contributed by atoms with van der Waals surface area (Å²) >= 11 is 0. The molecule has 1 aromatic carbocycles. The largest absolute Gasteiger partial charge is 0.457 e. The lowest BCUT2D eigenvalue weighted by atomic mass is 10.0. The molecule has 9 nitrogen and oxygen atoms in total. The molecule has 154 valence electrons. The predicted octanol–water partition coefficient (Wildman–Crippen LogP) is 0.885. The summed E-state index contributed by atoms with van der Waals surface area (Å²) < 4.78 is 28.4. The van der Waals surface area contributed by atoms with E-state index >= 15 is 0 Å². The Morgan fingerprint density at radius 1 is 1.24 bits per heavy atom. The molecule has 1 amide bonds. The fourth-order valence-electron chi connectivity index (χ4n) is 3.08. The molecule has 0 aliphatic carbocycles. The summed E-state index contributed by atoms with van der Waals surface area (Å²) in [5.74, 6) is -1.47. The number of rotatable bonds is 6. The minimum absolute atomic E-state index is 0.0490. The summed E-state index contributed by atoms with van der Waals surface area (Å²) in [7, 11) is -3.85. The van der Waals surface area contributed by atoms with E-state index in [1.807, 2.05) is 0 Å². The minimum atomic E-state index is -3.85. The number of nitrogens with one attached hydrogen (secondary N) is 1. The lowest BCUT2D eigenvalue weighted by Gasteiger charge is -2.25. The maximum absolute atomic E-state index is 12.5. The van der Waals surface area contributed by atoms with Crippen molar-refractivity contribution in [2.24, 2.45) is 0 Å². The molecule has 2 heterocycles. The molecule has 0 unspecified atom stereocenters. The van der Waals surface area contributed by atoms with Crippen LogP contribution in [0.3, 0.4) is 0 Å². The molecule has 2 N–H and O–H groups in total. The van der Waals surface area contributed by atoms with Crippen LogP contribution in [0, 0.1) is 0 Å². The number of sulfone groups is 1. The molecule has 0 bridgehead atoms. The Morgan fingerprint density at radius 2 is 1.93 bits per heavy atom. The number of hydroxylamine groups is 1. The predicted molar refractivity (Wildman–Crippen MR) is 103 cm³/mol. The average Bonchev–Trinajstić information content (AvgIpc) is 3.05. The Morgan fingerprint density at radius 3 is 2.55 bits per heavy atom. The van der Waals surface area contributed by atoms with Gasteiger partial charge in [0, 0.05) is 30.6 Å². The van der Waals surface area contributed by atoms with Crippen LogP contribution in [0.1, 0.15) is 29.3 Å². The average molecular weight is 420 g/mol. The smallest absolute Gasteiger partial charge is 0.338 e. The van der Waals surface area contributed by atoms with Gasteiger partial charge < -0.3 is 9.30 Å². The van der Waals surface area contributed by atoms with Gasteiger partial charge in [-0.25, -0.2) is 18.7 Å². The van der Waals surface area contributed by atoms with Gasteiger partial charge in [0.05, 0.1) is 5.56 Å². The molecule has 1 aromatic heterocycles. The van der Waals surface area contributed by atoms with E-state index in [0.717, 1.165) is 11.8 Å². The van der Waals surface area contributed by atoms with Gasteiger partial charge in [0.1, 0.15) is 6.61 Å². The highest BCUT2D eigenvalue weighted by molar-refractivity contribution is 7.92. The van der Waals surface area contributed by atoms with E-state index in [9.17, 15) is 22.8 Å². The molecule has 10 heteroatoms. The van der Waals surface area contributed by atoms with Crippen molar-refractivity contribution in [2.75, 3.05) is 6.26 Å². The maximum atomic E-state index is 12.5. The van der Waals surface area contributed by atoms with E-state index in [4.69, 9.17) is 9.94 Å². The summed E-state index contributed by atoms with van der Waals surface area (Å²) in [6.07, 6.45) is 2.18. The Balaban J connectivity index is 1.85. The number of fused-ring (bicyclic) bond motifs is 1. The van der Waals surface area contributed by atoms with E-state index in [2.05, 4.69) is 0 Å². The summed E-state index contributed by atoms with van der Waals surface area (Å²) in [5, 5.41) is 8.87. The molecule has 2 aromatic rings. The first-order valence-electron chi connectivity index (χ1n) is 8.72. The second kappa shape index (κ2) is 7.45. The number of aryl methyl sites for hydroxylation is 1. The Kier molecular flexibility index (Phi) is 5.33. The number of hydrogen-bond acceptors (Lipinski definition) is 7. The third kappa shape index (κ3) is 3.81. The fraction of sp³-hybridized carbons (Fsp3) is 0.316. The summed E-state index contributed by atoms with van der Waals surface area (Å²) in [4.78, 5) is 36.1. The molecule has 0 fully saturated rings. The fourth-order valence-corrected chi connectivity index (χ4v) is 3.93. The second-order valence-corrected chi connectivity index (χ2v) is 9.53. The number of nitrogens with zero attached hydrogens (tertiary/aromatic N) is 1. The van der Waals surface area contributed by atoms with Crippen molar-refractivity contribution in [3.63, 3.8) is 0 Å². The second-order valence-electron chi connectivity index (χ2n) is 7.09. The number of esters is 1. The zero-order chi connectivity index (χ0) is 21.4. The van der Waals surface area contributed by atoms with Gasteiger partial charge in [-0.3, -0.25) is 14.8 Å². The summed E-state index contributed by atoms with van der Waals surface area (Å²) in [6.45, 7) is 1.38. The van der Waals surface area contributed by atoms with Crippen LogP contribution >= 0.6 is 0 Å². The molecule has 29 heavy (non-hydrogen) atoms. The number of pyridine rings is 1. The van der Waals surface area contributed by atoms with Crippen LogP contribution in [0.25, 0.3) is 11.1 Å². The highest BCUT2D eigenvalue weighted by Crippen LogP contribution is 2.26. The normalized spacial score (nSPS) is 15.3. The number of ether oxygens (including phenoxy) is 1. The van der Waals surface area contributed by atoms with Crippen LogP contribution in [0.4, 0.5) is 0 Å². The zero-order valence-corrected chi connectivity index (χ0v) is 16.7. The molecule has 0 saturated heterocycles. The first kappa shape index (κ1) is 20.7. The number of carbonyl (C=O) groups excluding carboxylic acids is 2. The van der Waals surface area contributed by atoms with E-state index < -0.39 is 32.0 Å². The number of carbonyl (C=O) groups is 2. The van der Waals surface area contributed by atoms with Gasteiger partial charge in [0.15, 0.2) is 14.6 Å². The lowest BCUT2D eigenvalue weighted by molar-refractivity contribution is -0.131. The van der Waals surface area contributed by atoms with Gasteiger partial charge in [0.2, 0.25) is 0 Å². The van der Waals surface area contributed by atoms with Gasteiger partial charge in [0.25, 0.3) is 11.5 Å². The molecule has 1 atom stereocenters. The van der Waals surface area contributed by atoms with Crippen LogP contribution in [0.15, 0.2) is 41.3 Å². The van der Waals surface area contributed by atoms with E-state index in [0.29, 0.717) is 16.7 Å². The number of benzene rings is 1. The standard InChI is InChI=1S/C19H20N2O7S/c1-19(18(24)20-25,29(2,26)27)6-8-21-7-5-13(10-16(21)22)12-3-4-14-11-28-17(23)15(14)9-12/h3-5,7,9-10,25H,6,8,11H2,1-2H3,(H,20,24)/t19-/m1/s1. The topological polar surface area (TPSA) is 132 Å². The molecule has 0 saturated carbocycles. The number of amides is 1. The van der Waals surface area contributed by atoms with Crippen LogP contribution < -0.4 is 11.0 Å². The molecule has 1 aliphatic heterocycles. The van der Waals surface area contributed by atoms with Crippen molar-refractivity contribution < 1.29 is 28.0 Å². The zero-order valence-electron chi connectivity index (χ0n) is 15.8. The molecular weight excluding hydrogens is 400 g/mol. The maximum Gasteiger partial charge on any atom is 0.338 e. The van der Waals surface area contributed by atoms with Crippen LogP contribution in [0.2, 0.25) is 0 Å². The van der Waals surface area contributed by atoms with Gasteiger partial charge >= 0.3 is 5.97 Å². The number of aromatic nitrogens is 1. The van der Waals surface area contributed by atoms with E-state index in [-0.39, 0.29) is 19.6 Å². The van der Waals surface area contributed by atoms with Gasteiger partial charge in [-0.05, 0) is 36.6 Å². The molecular formula is C19H20N2O7S. The van der Waals surface area contributed by atoms with Crippen LogP contribution in [-0.4, -0.2) is 41.1 Å². The first-order chi connectivity index (χ1) is 13.6. The third-order valence-corrected chi connectivity index (χ3v) is 7.27. The minimum Gasteiger partial charge on any atom is -0.457 e. The first-order valence-corrected chi connectivity index (χ1v) is 10.6. The van der Waals surface area contributed by atoms with Crippen molar-refractivity contribution in [1.82, 2.24) is 10.0 Å². The Hall–Kier alpha value is -2.98. The monoisotopic (exact) mass is 420 g/mol. The van der Waals surface area contributed by atoms with Crippen LogP contribution in [0.5, 0.6) is 0 Å². The number of hydrogen-bond donors (Lipinski definition) is 2. The van der Waals surface area contributed by atoms with Gasteiger partial charge in [-0.1, -0.05) is 12.1 Å². The van der Waals surface area contributed by atoms with Crippen molar-refractivity contribution in [2.45, 2.75) is 31.2 Å². The van der Waals surface area contributed by atoms with E-state index in [1.165, 1.54) is 29.2 Å². The highest BCUT2D eigenvalue weighted by Gasteiger charge is 2.43. The van der Waals surface area contributed by atoms with Gasteiger partial charge in [-0.15, -0.1) is 0 Å². The third-order valence-electron chi connectivity index (χ3n) is 5.25. The molecule has 3 rings (SSSR count). The van der Waals surface area contributed by atoms with Crippen molar-refractivity contribution in [3.8, 4) is 11.1 Å².